The Labute approximate surface area is 96.6 Å². The molecule has 0 aliphatic carbocycles. The molecule has 1 aliphatic heterocycles. The molecule has 15 heavy (non-hydrogen) atoms. The van der Waals surface area contributed by atoms with E-state index in [1.165, 1.54) is 0 Å². The summed E-state index contributed by atoms with van der Waals surface area (Å²) in [6.07, 6.45) is 2.75. The van der Waals surface area contributed by atoms with Gasteiger partial charge in [-0.25, -0.2) is 4.79 Å². The Bertz CT molecular complexity index is 286. The number of esters is 1. The van der Waals surface area contributed by atoms with Gasteiger partial charge in [-0.3, -0.25) is 0 Å². The van der Waals surface area contributed by atoms with E-state index in [4.69, 9.17) is 16.3 Å². The average molecular weight is 231 g/mol. The summed E-state index contributed by atoms with van der Waals surface area (Å²) in [6, 6.07) is 0. The Kier molecular flexibility index (Phi) is 3.82. The van der Waals surface area contributed by atoms with Crippen molar-refractivity contribution in [1.29, 1.82) is 0 Å². The fraction of sp³-hybridized carbons (Fsp3) is 0.750. The molecule has 0 aromatic rings. The topological polar surface area (TPSA) is 26.3 Å². The molecule has 86 valence electrons. The zero-order chi connectivity index (χ0) is 11.6. The Balaban J connectivity index is 2.84. The maximum atomic E-state index is 11.6. The first kappa shape index (κ1) is 12.6. The van der Waals surface area contributed by atoms with E-state index in [0.29, 0.717) is 10.6 Å². The predicted molar refractivity (Wildman–Crippen MR) is 61.7 cm³/mol. The molecule has 0 spiro atoms. The van der Waals surface area contributed by atoms with Crippen LogP contribution in [0, 0.1) is 5.41 Å². The molecule has 0 aromatic heterocycles. The number of carbonyl (C=O) groups excluding carboxylic acids is 1. The smallest absolute Gasteiger partial charge is 0.336 e. The maximum absolute atomic E-state index is 11.6. The summed E-state index contributed by atoms with van der Waals surface area (Å²) < 4.78 is 5.27. The zero-order valence-electron chi connectivity index (χ0n) is 9.89. The van der Waals surface area contributed by atoms with Crippen LogP contribution < -0.4 is 0 Å². The van der Waals surface area contributed by atoms with Crippen molar-refractivity contribution in [2.45, 2.75) is 53.1 Å². The lowest BCUT2D eigenvalue weighted by atomic mass is 9.86. The number of hydrogen-bond acceptors (Lipinski definition) is 2. The average Bonchev–Trinajstić information content (AvgIpc) is 2.36. The highest BCUT2D eigenvalue weighted by Gasteiger charge is 2.38. The van der Waals surface area contributed by atoms with Crippen LogP contribution in [0.15, 0.2) is 10.6 Å². The molecule has 1 atom stereocenters. The molecule has 0 radical (unpaired) electrons. The fourth-order valence-corrected chi connectivity index (χ4v) is 2.25. The summed E-state index contributed by atoms with van der Waals surface area (Å²) >= 11 is 6.19. The second-order valence-corrected chi connectivity index (χ2v) is 5.42. The minimum absolute atomic E-state index is 0.201. The first-order chi connectivity index (χ1) is 6.88. The summed E-state index contributed by atoms with van der Waals surface area (Å²) in [5.74, 6) is -0.242. The third-order valence-corrected chi connectivity index (χ3v) is 2.98. The number of hydrogen-bond donors (Lipinski definition) is 0. The molecule has 1 heterocycles. The van der Waals surface area contributed by atoms with E-state index in [0.717, 1.165) is 19.3 Å². The van der Waals surface area contributed by atoms with Gasteiger partial charge in [0.1, 0.15) is 6.10 Å². The van der Waals surface area contributed by atoms with E-state index in [1.54, 1.807) is 0 Å². The highest BCUT2D eigenvalue weighted by molar-refractivity contribution is 6.33. The van der Waals surface area contributed by atoms with E-state index in [2.05, 4.69) is 6.92 Å². The molecule has 1 unspecified atom stereocenters. The zero-order valence-corrected chi connectivity index (χ0v) is 10.6. The largest absolute Gasteiger partial charge is 0.453 e. The molecular formula is C12H19ClO2. The van der Waals surface area contributed by atoms with Crippen molar-refractivity contribution in [3.05, 3.63) is 10.6 Å². The van der Waals surface area contributed by atoms with Gasteiger partial charge in [-0.2, -0.15) is 0 Å². The van der Waals surface area contributed by atoms with Gasteiger partial charge >= 0.3 is 5.97 Å². The second kappa shape index (κ2) is 4.56. The quantitative estimate of drug-likeness (QED) is 0.692. The van der Waals surface area contributed by atoms with Crippen molar-refractivity contribution < 1.29 is 9.53 Å². The van der Waals surface area contributed by atoms with Gasteiger partial charge in [0.05, 0.1) is 10.6 Å². The van der Waals surface area contributed by atoms with Crippen LogP contribution in [0.2, 0.25) is 0 Å². The minimum atomic E-state index is -0.242. The molecule has 0 N–H and O–H groups in total. The van der Waals surface area contributed by atoms with Crippen molar-refractivity contribution >= 4 is 17.6 Å². The second-order valence-electron chi connectivity index (χ2n) is 5.01. The standard InChI is InChI=1S/C12H19ClO2/c1-5-6-7-8-10(13)9(11(14)15-8)12(2,3)4/h8H,5-7H2,1-4H3. The van der Waals surface area contributed by atoms with Crippen molar-refractivity contribution in [1.82, 2.24) is 0 Å². The normalized spacial score (nSPS) is 22.2. The van der Waals surface area contributed by atoms with Crippen LogP contribution in [0.5, 0.6) is 0 Å². The first-order valence-corrected chi connectivity index (χ1v) is 5.86. The lowest BCUT2D eigenvalue weighted by Crippen LogP contribution is -2.16. The van der Waals surface area contributed by atoms with Gasteiger partial charge in [-0.05, 0) is 18.3 Å². The lowest BCUT2D eigenvalue weighted by Gasteiger charge is -2.17. The number of unbranched alkanes of at least 4 members (excludes halogenated alkanes) is 1. The molecule has 1 rings (SSSR count). The van der Waals surface area contributed by atoms with Crippen molar-refractivity contribution in [2.75, 3.05) is 0 Å². The van der Waals surface area contributed by atoms with E-state index >= 15 is 0 Å². The van der Waals surface area contributed by atoms with Crippen molar-refractivity contribution in [3.63, 3.8) is 0 Å². The van der Waals surface area contributed by atoms with Gasteiger partial charge < -0.3 is 4.74 Å². The van der Waals surface area contributed by atoms with E-state index in [9.17, 15) is 4.79 Å². The van der Waals surface area contributed by atoms with Crippen molar-refractivity contribution in [2.24, 2.45) is 5.41 Å². The van der Waals surface area contributed by atoms with Crippen LogP contribution in [0.25, 0.3) is 0 Å². The number of ether oxygens (including phenoxy) is 1. The van der Waals surface area contributed by atoms with Gasteiger partial charge in [0, 0.05) is 0 Å². The van der Waals surface area contributed by atoms with Gasteiger partial charge in [0.15, 0.2) is 0 Å². The highest BCUT2D eigenvalue weighted by atomic mass is 35.5. The molecule has 1 aliphatic rings. The Morgan fingerprint density at radius 1 is 1.40 bits per heavy atom. The predicted octanol–water partition coefficient (Wildman–Crippen LogP) is 3.64. The highest BCUT2D eigenvalue weighted by Crippen LogP contribution is 2.39. The van der Waals surface area contributed by atoms with Gasteiger partial charge in [-0.15, -0.1) is 0 Å². The number of rotatable bonds is 3. The van der Waals surface area contributed by atoms with Gasteiger partial charge in [0.2, 0.25) is 0 Å². The number of halogens is 1. The van der Waals surface area contributed by atoms with E-state index < -0.39 is 0 Å². The molecular weight excluding hydrogens is 212 g/mol. The molecule has 0 saturated carbocycles. The third-order valence-electron chi connectivity index (χ3n) is 2.54. The van der Waals surface area contributed by atoms with Crippen molar-refractivity contribution in [3.8, 4) is 0 Å². The van der Waals surface area contributed by atoms with Crippen LogP contribution in [0.3, 0.4) is 0 Å². The molecule has 0 amide bonds. The summed E-state index contributed by atoms with van der Waals surface area (Å²) in [5.41, 5.74) is 0.417. The van der Waals surface area contributed by atoms with E-state index in [-0.39, 0.29) is 17.5 Å². The SMILES string of the molecule is CCCCC1OC(=O)C(C(C)(C)C)=C1Cl. The first-order valence-electron chi connectivity index (χ1n) is 5.49. The Hall–Kier alpha value is -0.500. The summed E-state index contributed by atoms with van der Waals surface area (Å²) in [5, 5.41) is 0.612. The minimum Gasteiger partial charge on any atom is -0.453 e. The van der Waals surface area contributed by atoms with Crippen LogP contribution in [-0.2, 0) is 9.53 Å². The Morgan fingerprint density at radius 2 is 2.00 bits per heavy atom. The lowest BCUT2D eigenvalue weighted by molar-refractivity contribution is -0.140. The van der Waals surface area contributed by atoms with Crippen LogP contribution in [0.1, 0.15) is 47.0 Å². The summed E-state index contributed by atoms with van der Waals surface area (Å²) in [6.45, 7) is 8.05. The number of cyclic esters (lactones) is 1. The molecule has 0 aromatic carbocycles. The van der Waals surface area contributed by atoms with Crippen LogP contribution >= 0.6 is 11.6 Å². The fourth-order valence-electron chi connectivity index (χ4n) is 1.74. The molecule has 3 heteroatoms. The molecule has 0 fully saturated rings. The van der Waals surface area contributed by atoms with Crippen LogP contribution in [-0.4, -0.2) is 12.1 Å². The van der Waals surface area contributed by atoms with Crippen LogP contribution in [0.4, 0.5) is 0 Å². The molecule has 0 bridgehead atoms. The monoisotopic (exact) mass is 230 g/mol. The third kappa shape index (κ3) is 2.75. The maximum Gasteiger partial charge on any atom is 0.336 e. The molecule has 2 nitrogen and oxygen atoms in total. The van der Waals surface area contributed by atoms with E-state index in [1.807, 2.05) is 20.8 Å². The number of carbonyl (C=O) groups is 1. The summed E-state index contributed by atoms with van der Waals surface area (Å²) in [4.78, 5) is 11.6. The van der Waals surface area contributed by atoms with Gasteiger partial charge in [-0.1, -0.05) is 45.7 Å². The van der Waals surface area contributed by atoms with Gasteiger partial charge in [0.25, 0.3) is 0 Å². The Morgan fingerprint density at radius 3 is 2.40 bits per heavy atom. The molecule has 0 saturated heterocycles. The summed E-state index contributed by atoms with van der Waals surface area (Å²) in [7, 11) is 0.